The van der Waals surface area contributed by atoms with Crippen LogP contribution in [-0.4, -0.2) is 41.7 Å². The summed E-state index contributed by atoms with van der Waals surface area (Å²) >= 11 is 1.52. The van der Waals surface area contributed by atoms with Crippen LogP contribution in [0.3, 0.4) is 0 Å². The molecule has 0 saturated heterocycles. The van der Waals surface area contributed by atoms with Gasteiger partial charge in [-0.3, -0.25) is 4.79 Å². The highest BCUT2D eigenvalue weighted by Crippen LogP contribution is 2.18. The van der Waals surface area contributed by atoms with Gasteiger partial charge in [0.05, 0.1) is 5.75 Å². The third kappa shape index (κ3) is 5.61. The summed E-state index contributed by atoms with van der Waals surface area (Å²) in [6.07, 6.45) is 2.69. The molecule has 0 heterocycles. The minimum absolute atomic E-state index is 0.0727. The molecule has 5 heteroatoms. The number of carbonyl (C=O) groups is 2. The van der Waals surface area contributed by atoms with Crippen molar-refractivity contribution in [2.45, 2.75) is 5.75 Å². The van der Waals surface area contributed by atoms with Crippen LogP contribution in [0.1, 0.15) is 11.1 Å². The quantitative estimate of drug-likeness (QED) is 0.810. The maximum atomic E-state index is 11.4. The zero-order valence-electron chi connectivity index (χ0n) is 11.0. The van der Waals surface area contributed by atoms with Gasteiger partial charge in [-0.2, -0.15) is 0 Å². The van der Waals surface area contributed by atoms with Gasteiger partial charge in [0, 0.05) is 25.9 Å². The van der Waals surface area contributed by atoms with Gasteiger partial charge in [0.2, 0.25) is 5.91 Å². The normalized spacial score (nSPS) is 10.6. The minimum Gasteiger partial charge on any atom is -0.478 e. The second-order valence-electron chi connectivity index (χ2n) is 4.15. The smallest absolute Gasteiger partial charge is 0.328 e. The Morgan fingerprint density at radius 1 is 1.32 bits per heavy atom. The van der Waals surface area contributed by atoms with Gasteiger partial charge < -0.3 is 10.0 Å². The monoisotopic (exact) mass is 279 g/mol. The maximum Gasteiger partial charge on any atom is 0.328 e. The van der Waals surface area contributed by atoms with Gasteiger partial charge in [0.15, 0.2) is 0 Å². The number of carboxylic acid groups (broad SMARTS) is 1. The fourth-order valence-corrected chi connectivity index (χ4v) is 2.38. The average Bonchev–Trinajstić information content (AvgIpc) is 2.37. The van der Waals surface area contributed by atoms with Gasteiger partial charge in [-0.05, 0) is 17.2 Å². The Morgan fingerprint density at radius 2 is 2.00 bits per heavy atom. The van der Waals surface area contributed by atoms with Gasteiger partial charge in [-0.15, -0.1) is 11.8 Å². The van der Waals surface area contributed by atoms with Crippen molar-refractivity contribution in [1.29, 1.82) is 0 Å². The van der Waals surface area contributed by atoms with Crippen LogP contribution in [0.15, 0.2) is 30.3 Å². The molecule has 0 aliphatic rings. The molecule has 0 saturated carbocycles. The number of carboxylic acids is 1. The van der Waals surface area contributed by atoms with Crippen LogP contribution in [0.2, 0.25) is 0 Å². The van der Waals surface area contributed by atoms with Crippen molar-refractivity contribution in [2.24, 2.45) is 0 Å². The summed E-state index contributed by atoms with van der Waals surface area (Å²) in [7, 11) is 3.46. The fourth-order valence-electron chi connectivity index (χ4n) is 1.37. The Balaban J connectivity index is 2.63. The zero-order valence-corrected chi connectivity index (χ0v) is 11.8. The number of amides is 1. The molecule has 0 atom stereocenters. The molecule has 0 spiro atoms. The number of benzene rings is 1. The summed E-state index contributed by atoms with van der Waals surface area (Å²) in [5.41, 5.74) is 1.89. The molecule has 0 fully saturated rings. The number of aliphatic carboxylic acids is 1. The third-order valence-corrected chi connectivity index (χ3v) is 3.41. The van der Waals surface area contributed by atoms with E-state index < -0.39 is 5.97 Å². The summed E-state index contributed by atoms with van der Waals surface area (Å²) in [4.78, 5) is 23.5. The lowest BCUT2D eigenvalue weighted by atomic mass is 10.1. The van der Waals surface area contributed by atoms with Gasteiger partial charge in [0.1, 0.15) is 0 Å². The molecular weight excluding hydrogens is 262 g/mol. The predicted molar refractivity (Wildman–Crippen MR) is 78.0 cm³/mol. The average molecular weight is 279 g/mol. The highest BCUT2D eigenvalue weighted by atomic mass is 32.2. The largest absolute Gasteiger partial charge is 0.478 e. The van der Waals surface area contributed by atoms with Gasteiger partial charge >= 0.3 is 5.97 Å². The lowest BCUT2D eigenvalue weighted by Gasteiger charge is -2.10. The van der Waals surface area contributed by atoms with Crippen LogP contribution in [0.5, 0.6) is 0 Å². The Morgan fingerprint density at radius 3 is 2.63 bits per heavy atom. The van der Waals surface area contributed by atoms with Crippen molar-refractivity contribution < 1.29 is 14.7 Å². The molecule has 0 aromatic heterocycles. The van der Waals surface area contributed by atoms with E-state index in [1.807, 2.05) is 24.3 Å². The number of nitrogens with zero attached hydrogens (tertiary/aromatic N) is 1. The van der Waals surface area contributed by atoms with Crippen molar-refractivity contribution in [3.63, 3.8) is 0 Å². The van der Waals surface area contributed by atoms with E-state index in [1.165, 1.54) is 11.8 Å². The van der Waals surface area contributed by atoms with E-state index in [2.05, 4.69) is 0 Å². The van der Waals surface area contributed by atoms with Crippen LogP contribution in [0.4, 0.5) is 0 Å². The van der Waals surface area contributed by atoms with Gasteiger partial charge in [-0.1, -0.05) is 24.3 Å². The molecule has 4 nitrogen and oxygen atoms in total. The fraction of sp³-hybridized carbons (Fsp3) is 0.286. The molecule has 0 radical (unpaired) electrons. The number of hydrogen-bond acceptors (Lipinski definition) is 3. The van der Waals surface area contributed by atoms with Crippen molar-refractivity contribution in [3.8, 4) is 0 Å². The van der Waals surface area contributed by atoms with Crippen LogP contribution < -0.4 is 0 Å². The van der Waals surface area contributed by atoms with Crippen molar-refractivity contribution in [3.05, 3.63) is 41.5 Å². The molecule has 19 heavy (non-hydrogen) atoms. The van der Waals surface area contributed by atoms with Crippen LogP contribution in [0, 0.1) is 0 Å². The van der Waals surface area contributed by atoms with E-state index in [9.17, 15) is 9.59 Å². The first kappa shape index (κ1) is 15.3. The molecule has 1 N–H and O–H groups in total. The van der Waals surface area contributed by atoms with E-state index >= 15 is 0 Å². The van der Waals surface area contributed by atoms with Crippen LogP contribution in [0.25, 0.3) is 6.08 Å². The molecule has 1 aromatic rings. The molecule has 0 unspecified atom stereocenters. The van der Waals surface area contributed by atoms with Crippen LogP contribution in [-0.2, 0) is 15.3 Å². The van der Waals surface area contributed by atoms with E-state index in [4.69, 9.17) is 5.11 Å². The van der Waals surface area contributed by atoms with Crippen molar-refractivity contribution >= 4 is 29.7 Å². The standard InChI is InChI=1S/C14H17NO3S/c1-15(2)13(16)10-19-9-12-6-4-3-5-11(12)7-8-14(17)18/h3-8H,9-10H2,1-2H3,(H,17,18)/b8-7+. The molecular formula is C14H17NO3S. The van der Waals surface area contributed by atoms with E-state index in [0.717, 1.165) is 17.2 Å². The topological polar surface area (TPSA) is 57.6 Å². The highest BCUT2D eigenvalue weighted by molar-refractivity contribution is 7.99. The Kier molecular flexibility index (Phi) is 6.15. The number of hydrogen-bond donors (Lipinski definition) is 1. The molecule has 1 aromatic carbocycles. The lowest BCUT2D eigenvalue weighted by Crippen LogP contribution is -2.23. The third-order valence-electron chi connectivity index (χ3n) is 2.44. The first-order valence-corrected chi connectivity index (χ1v) is 6.93. The Hall–Kier alpha value is -1.75. The molecule has 0 aliphatic carbocycles. The van der Waals surface area contributed by atoms with E-state index in [-0.39, 0.29) is 5.91 Å². The predicted octanol–water partition coefficient (Wildman–Crippen LogP) is 2.11. The number of rotatable bonds is 6. The van der Waals surface area contributed by atoms with E-state index in [1.54, 1.807) is 25.1 Å². The van der Waals surface area contributed by atoms with Gasteiger partial charge in [-0.25, -0.2) is 4.79 Å². The Bertz CT molecular complexity index is 483. The number of carbonyl (C=O) groups excluding carboxylic acids is 1. The first-order chi connectivity index (χ1) is 9.00. The highest BCUT2D eigenvalue weighted by Gasteiger charge is 2.05. The zero-order chi connectivity index (χ0) is 14.3. The summed E-state index contributed by atoms with van der Waals surface area (Å²) in [6, 6.07) is 7.57. The number of thioether (sulfide) groups is 1. The summed E-state index contributed by atoms with van der Waals surface area (Å²) in [5.74, 6) is 0.206. The first-order valence-electron chi connectivity index (χ1n) is 5.77. The van der Waals surface area contributed by atoms with Crippen LogP contribution >= 0.6 is 11.8 Å². The van der Waals surface area contributed by atoms with E-state index in [0.29, 0.717) is 11.5 Å². The molecule has 102 valence electrons. The lowest BCUT2D eigenvalue weighted by molar-refractivity contribution is -0.131. The van der Waals surface area contributed by atoms with Crippen molar-refractivity contribution in [1.82, 2.24) is 4.90 Å². The Labute approximate surface area is 117 Å². The maximum absolute atomic E-state index is 11.4. The second kappa shape index (κ2) is 7.63. The molecule has 1 rings (SSSR count). The minimum atomic E-state index is -0.967. The molecule has 0 bridgehead atoms. The van der Waals surface area contributed by atoms with Gasteiger partial charge in [0.25, 0.3) is 0 Å². The summed E-state index contributed by atoms with van der Waals surface area (Å²) in [6.45, 7) is 0. The van der Waals surface area contributed by atoms with Crippen molar-refractivity contribution in [2.75, 3.05) is 19.8 Å². The molecule has 0 aliphatic heterocycles. The summed E-state index contributed by atoms with van der Waals surface area (Å²) < 4.78 is 0. The second-order valence-corrected chi connectivity index (χ2v) is 5.14. The molecule has 1 amide bonds. The summed E-state index contributed by atoms with van der Waals surface area (Å²) in [5, 5.41) is 8.63. The SMILES string of the molecule is CN(C)C(=O)CSCc1ccccc1/C=C/C(=O)O.